The zero-order valence-corrected chi connectivity index (χ0v) is 19.1. The van der Waals surface area contributed by atoms with E-state index < -0.39 is 11.6 Å². The minimum atomic E-state index is -1.02. The highest BCUT2D eigenvalue weighted by Gasteiger charge is 2.23. The van der Waals surface area contributed by atoms with Crippen molar-refractivity contribution in [2.45, 2.75) is 32.6 Å². The van der Waals surface area contributed by atoms with E-state index in [-0.39, 0.29) is 22.9 Å². The monoisotopic (exact) mass is 467 g/mol. The maximum atomic E-state index is 14.6. The minimum Gasteiger partial charge on any atom is -0.383 e. The van der Waals surface area contributed by atoms with Gasteiger partial charge < -0.3 is 11.1 Å². The van der Waals surface area contributed by atoms with Crippen molar-refractivity contribution >= 4 is 17.2 Å². The Morgan fingerprint density at radius 1 is 1.09 bits per heavy atom. The number of aromatic nitrogens is 5. The van der Waals surface area contributed by atoms with Crippen LogP contribution < -0.4 is 11.1 Å². The number of rotatable bonds is 4. The first-order valence-corrected chi connectivity index (χ1v) is 11.6. The normalized spacial score (nSPS) is 14.7. The summed E-state index contributed by atoms with van der Waals surface area (Å²) in [5.74, 6) is -1.01. The summed E-state index contributed by atoms with van der Waals surface area (Å²) in [6.07, 6.45) is 3.97. The molecule has 1 aliphatic heterocycles. The summed E-state index contributed by atoms with van der Waals surface area (Å²) >= 11 is 1.76. The van der Waals surface area contributed by atoms with E-state index in [2.05, 4.69) is 38.8 Å². The Balaban J connectivity index is 1.56. The summed E-state index contributed by atoms with van der Waals surface area (Å²) in [6, 6.07) is 6.93. The molecule has 5 rings (SSSR count). The molecule has 0 saturated carbocycles. The highest BCUT2D eigenvalue weighted by atomic mass is 32.1. The van der Waals surface area contributed by atoms with E-state index in [0.717, 1.165) is 41.1 Å². The molecular formula is C23H23F2N7S. The van der Waals surface area contributed by atoms with Crippen molar-refractivity contribution in [1.29, 1.82) is 0 Å². The number of nitrogen functional groups attached to an aromatic ring is 1. The molecule has 1 aromatic carbocycles. The van der Waals surface area contributed by atoms with E-state index in [4.69, 9.17) is 5.73 Å². The lowest BCUT2D eigenvalue weighted by molar-refractivity contribution is 0.464. The quantitative estimate of drug-likeness (QED) is 0.462. The Morgan fingerprint density at radius 2 is 1.88 bits per heavy atom. The molecule has 0 unspecified atom stereocenters. The molecule has 0 spiro atoms. The van der Waals surface area contributed by atoms with Crippen molar-refractivity contribution in [2.24, 2.45) is 0 Å². The molecule has 0 atom stereocenters. The average molecular weight is 468 g/mol. The lowest BCUT2D eigenvalue weighted by Gasteiger charge is -2.22. The number of halogens is 2. The van der Waals surface area contributed by atoms with E-state index in [1.807, 2.05) is 6.07 Å². The molecule has 0 bridgehead atoms. The molecule has 1 aliphatic rings. The van der Waals surface area contributed by atoms with Gasteiger partial charge in [-0.25, -0.2) is 13.8 Å². The van der Waals surface area contributed by atoms with Gasteiger partial charge in [0.25, 0.3) is 0 Å². The Kier molecular flexibility index (Phi) is 5.63. The van der Waals surface area contributed by atoms with Crippen LogP contribution in [0.15, 0.2) is 30.5 Å². The van der Waals surface area contributed by atoms with Crippen LogP contribution in [-0.4, -0.2) is 38.3 Å². The van der Waals surface area contributed by atoms with E-state index in [1.54, 1.807) is 17.5 Å². The van der Waals surface area contributed by atoms with Gasteiger partial charge in [0, 0.05) is 21.5 Å². The van der Waals surface area contributed by atoms with Crippen LogP contribution in [0.25, 0.3) is 27.5 Å². The number of piperidine rings is 1. The molecule has 0 aliphatic carbocycles. The number of nitrogens with two attached hydrogens (primary N) is 1. The van der Waals surface area contributed by atoms with Crippen LogP contribution in [-0.2, 0) is 0 Å². The average Bonchev–Trinajstić information content (AvgIpc) is 3.45. The van der Waals surface area contributed by atoms with Crippen LogP contribution in [0.3, 0.4) is 0 Å². The number of aryl methyl sites for hydroxylation is 2. The fourth-order valence-corrected chi connectivity index (χ4v) is 5.56. The summed E-state index contributed by atoms with van der Waals surface area (Å²) in [5, 5.41) is 15.0. The number of hydrogen-bond acceptors (Lipinski definition) is 7. The number of nitrogens with one attached hydrogen (secondary N) is 1. The third-order valence-electron chi connectivity index (χ3n) is 6.06. The molecule has 4 aromatic rings. The number of thiophene rings is 1. The third-order valence-corrected chi connectivity index (χ3v) is 7.51. The first kappa shape index (κ1) is 21.6. The first-order chi connectivity index (χ1) is 15.9. The van der Waals surface area contributed by atoms with Gasteiger partial charge in [0.15, 0.2) is 17.5 Å². The van der Waals surface area contributed by atoms with Gasteiger partial charge >= 0.3 is 0 Å². The zero-order valence-electron chi connectivity index (χ0n) is 18.3. The first-order valence-electron chi connectivity index (χ1n) is 10.7. The smallest absolute Gasteiger partial charge is 0.190 e. The fourth-order valence-electron chi connectivity index (χ4n) is 4.23. The van der Waals surface area contributed by atoms with Gasteiger partial charge in [-0.2, -0.15) is 4.68 Å². The molecule has 10 heteroatoms. The summed E-state index contributed by atoms with van der Waals surface area (Å²) < 4.78 is 30.0. The fraction of sp³-hybridized carbons (Fsp3) is 0.304. The zero-order chi connectivity index (χ0) is 23.1. The molecule has 0 radical (unpaired) electrons. The van der Waals surface area contributed by atoms with Crippen molar-refractivity contribution < 1.29 is 8.78 Å². The van der Waals surface area contributed by atoms with E-state index in [9.17, 15) is 8.78 Å². The number of pyridine rings is 1. The largest absolute Gasteiger partial charge is 0.383 e. The topological polar surface area (TPSA) is 94.5 Å². The van der Waals surface area contributed by atoms with E-state index >= 15 is 0 Å². The number of nitrogens with zero attached hydrogens (tertiary/aromatic N) is 5. The number of hydrogen-bond donors (Lipinski definition) is 2. The van der Waals surface area contributed by atoms with Crippen LogP contribution in [0, 0.1) is 25.5 Å². The molecular weight excluding hydrogens is 444 g/mol. The molecule has 7 nitrogen and oxygen atoms in total. The minimum absolute atomic E-state index is 0.0944. The Morgan fingerprint density at radius 3 is 2.67 bits per heavy atom. The Bertz CT molecular complexity index is 1320. The number of benzene rings is 1. The molecule has 170 valence electrons. The highest BCUT2D eigenvalue weighted by Crippen LogP contribution is 2.40. The number of tetrazole rings is 1. The SMILES string of the molecule is Cc1cc(-c2cnc(N)c(-c3nnnn3-c3ccc(C)c(F)c3F)c2)sc1C1CCNCC1. The van der Waals surface area contributed by atoms with Gasteiger partial charge in [-0.3, -0.25) is 0 Å². The van der Waals surface area contributed by atoms with Crippen LogP contribution in [0.2, 0.25) is 0 Å². The Labute approximate surface area is 193 Å². The summed E-state index contributed by atoms with van der Waals surface area (Å²) in [6.45, 7) is 5.70. The highest BCUT2D eigenvalue weighted by molar-refractivity contribution is 7.15. The van der Waals surface area contributed by atoms with Crippen molar-refractivity contribution in [3.05, 3.63) is 58.1 Å². The summed E-state index contributed by atoms with van der Waals surface area (Å²) in [5.41, 5.74) is 8.85. The molecule has 3 aromatic heterocycles. The predicted octanol–water partition coefficient (Wildman–Crippen LogP) is 4.40. The lowest BCUT2D eigenvalue weighted by atomic mass is 9.94. The second kappa shape index (κ2) is 8.60. The molecule has 0 amide bonds. The van der Waals surface area contributed by atoms with Gasteiger partial charge in [-0.05, 0) is 85.4 Å². The lowest BCUT2D eigenvalue weighted by Crippen LogP contribution is -2.26. The Hall–Kier alpha value is -3.24. The van der Waals surface area contributed by atoms with Gasteiger partial charge in [-0.1, -0.05) is 6.07 Å². The van der Waals surface area contributed by atoms with Gasteiger partial charge in [0.2, 0.25) is 0 Å². The van der Waals surface area contributed by atoms with Gasteiger partial charge in [0.1, 0.15) is 11.5 Å². The van der Waals surface area contributed by atoms with Crippen molar-refractivity contribution in [3.8, 4) is 27.5 Å². The van der Waals surface area contributed by atoms with Gasteiger partial charge in [0.05, 0.1) is 5.56 Å². The standard InChI is InChI=1S/C23H23F2N7S/c1-12-3-4-17(20(25)19(12)24)32-23(29-30-31-32)16-10-15(11-28-22(16)26)18-9-13(2)21(33-18)14-5-7-27-8-6-14/h3-4,9-11,14,27H,5-8H2,1-2H3,(H2,26,28). The molecule has 1 fully saturated rings. The van der Waals surface area contributed by atoms with E-state index in [0.29, 0.717) is 11.5 Å². The molecule has 1 saturated heterocycles. The molecule has 3 N–H and O–H groups in total. The van der Waals surface area contributed by atoms with Gasteiger partial charge in [-0.15, -0.1) is 16.4 Å². The van der Waals surface area contributed by atoms with E-state index in [1.165, 1.54) is 29.5 Å². The van der Waals surface area contributed by atoms with Crippen LogP contribution >= 0.6 is 11.3 Å². The van der Waals surface area contributed by atoms with Crippen molar-refractivity contribution in [3.63, 3.8) is 0 Å². The van der Waals surface area contributed by atoms with Crippen molar-refractivity contribution in [2.75, 3.05) is 18.8 Å². The maximum absolute atomic E-state index is 14.6. The second-order valence-corrected chi connectivity index (χ2v) is 9.37. The summed E-state index contributed by atoms with van der Waals surface area (Å²) in [4.78, 5) is 6.82. The molecule has 4 heterocycles. The van der Waals surface area contributed by atoms with Crippen molar-refractivity contribution in [1.82, 2.24) is 30.5 Å². The predicted molar refractivity (Wildman–Crippen MR) is 124 cm³/mol. The molecule has 33 heavy (non-hydrogen) atoms. The number of anilines is 1. The summed E-state index contributed by atoms with van der Waals surface area (Å²) in [7, 11) is 0. The van der Waals surface area contributed by atoms with Crippen LogP contribution in [0.4, 0.5) is 14.6 Å². The third kappa shape index (κ3) is 3.89. The maximum Gasteiger partial charge on any atom is 0.190 e. The second-order valence-electron chi connectivity index (χ2n) is 8.28. The van der Waals surface area contributed by atoms with Crippen LogP contribution in [0.1, 0.15) is 34.8 Å². The van der Waals surface area contributed by atoms with Crippen LogP contribution in [0.5, 0.6) is 0 Å².